The first-order valence-corrected chi connectivity index (χ1v) is 6.33. The number of hydrogen-bond donors (Lipinski definition) is 3. The van der Waals surface area contributed by atoms with Crippen molar-refractivity contribution in [3.63, 3.8) is 0 Å². The van der Waals surface area contributed by atoms with Crippen molar-refractivity contribution >= 4 is 11.9 Å². The van der Waals surface area contributed by atoms with E-state index in [0.29, 0.717) is 18.7 Å². The molecule has 0 bridgehead atoms. The van der Waals surface area contributed by atoms with Crippen LogP contribution in [0.2, 0.25) is 0 Å². The number of aromatic nitrogens is 2. The molecule has 1 aromatic heterocycles. The van der Waals surface area contributed by atoms with Crippen molar-refractivity contribution in [3.8, 4) is 0 Å². The van der Waals surface area contributed by atoms with Gasteiger partial charge in [-0.2, -0.15) is 0 Å². The Morgan fingerprint density at radius 3 is 2.52 bits per heavy atom. The summed E-state index contributed by atoms with van der Waals surface area (Å²) in [5.41, 5.74) is 1.22. The second-order valence-corrected chi connectivity index (χ2v) is 4.41. The second-order valence-electron chi connectivity index (χ2n) is 4.41. The number of hydrogen-bond acceptors (Lipinski definition) is 4. The number of aliphatic hydroxyl groups excluding tert-OH is 1. The van der Waals surface area contributed by atoms with Gasteiger partial charge in [-0.3, -0.25) is 4.79 Å². The molecule has 7 nitrogen and oxygen atoms in total. The Bertz CT molecular complexity index is 634. The minimum absolute atomic E-state index is 0.0269. The molecule has 2 aromatic rings. The summed E-state index contributed by atoms with van der Waals surface area (Å²) in [6.07, 6.45) is 2.82. The number of carboxylic acids is 1. The maximum absolute atomic E-state index is 11.9. The summed E-state index contributed by atoms with van der Waals surface area (Å²) in [5, 5.41) is 20.4. The number of carbonyl (C=O) groups excluding carboxylic acids is 1. The molecule has 3 N–H and O–H groups in total. The second kappa shape index (κ2) is 6.67. The quantitative estimate of drug-likeness (QED) is 0.718. The van der Waals surface area contributed by atoms with Crippen molar-refractivity contribution in [2.24, 2.45) is 0 Å². The van der Waals surface area contributed by atoms with E-state index in [1.54, 1.807) is 28.8 Å². The highest BCUT2D eigenvalue weighted by molar-refractivity contribution is 5.94. The average Bonchev–Trinajstić information content (AvgIpc) is 2.96. The molecule has 0 saturated carbocycles. The summed E-state index contributed by atoms with van der Waals surface area (Å²) < 4.78 is 1.60. The number of rotatable bonds is 6. The van der Waals surface area contributed by atoms with Crippen LogP contribution in [0.15, 0.2) is 36.8 Å². The van der Waals surface area contributed by atoms with Crippen molar-refractivity contribution in [1.82, 2.24) is 14.9 Å². The molecule has 0 aliphatic rings. The van der Waals surface area contributed by atoms with Crippen LogP contribution in [0.1, 0.15) is 26.4 Å². The first-order valence-electron chi connectivity index (χ1n) is 6.33. The smallest absolute Gasteiger partial charge is 0.356 e. The molecule has 1 aromatic carbocycles. The maximum Gasteiger partial charge on any atom is 0.356 e. The van der Waals surface area contributed by atoms with Gasteiger partial charge in [0.2, 0.25) is 0 Å². The third-order valence-electron chi connectivity index (χ3n) is 2.91. The topological polar surface area (TPSA) is 104 Å². The van der Waals surface area contributed by atoms with Crippen LogP contribution in [0.25, 0.3) is 0 Å². The molecule has 2 rings (SSSR count). The lowest BCUT2D eigenvalue weighted by Gasteiger charge is -2.06. The van der Waals surface area contributed by atoms with E-state index in [1.165, 1.54) is 12.5 Å². The van der Waals surface area contributed by atoms with Crippen LogP contribution >= 0.6 is 0 Å². The molecule has 0 saturated heterocycles. The van der Waals surface area contributed by atoms with Gasteiger partial charge in [0.05, 0.1) is 12.9 Å². The van der Waals surface area contributed by atoms with E-state index >= 15 is 0 Å². The zero-order valence-corrected chi connectivity index (χ0v) is 11.2. The molecule has 7 heteroatoms. The van der Waals surface area contributed by atoms with Crippen molar-refractivity contribution in [2.75, 3.05) is 6.54 Å². The minimum Gasteiger partial charge on any atom is -0.476 e. The number of carboxylic acid groups (broad SMARTS) is 1. The number of aromatic carboxylic acids is 1. The van der Waals surface area contributed by atoms with Crippen molar-refractivity contribution < 1.29 is 19.8 Å². The van der Waals surface area contributed by atoms with Gasteiger partial charge < -0.3 is 20.1 Å². The maximum atomic E-state index is 11.9. The van der Waals surface area contributed by atoms with E-state index in [9.17, 15) is 9.59 Å². The zero-order chi connectivity index (χ0) is 15.2. The normalized spacial score (nSPS) is 10.3. The van der Waals surface area contributed by atoms with E-state index in [-0.39, 0.29) is 18.2 Å². The lowest BCUT2D eigenvalue weighted by atomic mass is 10.1. The van der Waals surface area contributed by atoms with Crippen LogP contribution in [0.4, 0.5) is 0 Å². The molecule has 21 heavy (non-hydrogen) atoms. The van der Waals surface area contributed by atoms with E-state index < -0.39 is 5.97 Å². The first kappa shape index (κ1) is 14.7. The Labute approximate surface area is 120 Å². The molecular weight excluding hydrogens is 274 g/mol. The van der Waals surface area contributed by atoms with Gasteiger partial charge in [-0.15, -0.1) is 0 Å². The third-order valence-corrected chi connectivity index (χ3v) is 2.91. The Kier molecular flexibility index (Phi) is 4.68. The van der Waals surface area contributed by atoms with Crippen molar-refractivity contribution in [3.05, 3.63) is 53.6 Å². The molecule has 0 radical (unpaired) electrons. The van der Waals surface area contributed by atoms with Crippen LogP contribution in [0.5, 0.6) is 0 Å². The lowest BCUT2D eigenvalue weighted by Crippen LogP contribution is -2.26. The van der Waals surface area contributed by atoms with Gasteiger partial charge in [0.1, 0.15) is 0 Å². The van der Waals surface area contributed by atoms with E-state index in [4.69, 9.17) is 10.2 Å². The number of nitrogens with zero attached hydrogens (tertiary/aromatic N) is 2. The highest BCUT2D eigenvalue weighted by Crippen LogP contribution is 2.04. The monoisotopic (exact) mass is 289 g/mol. The van der Waals surface area contributed by atoms with E-state index in [2.05, 4.69) is 10.3 Å². The first-order chi connectivity index (χ1) is 10.1. The van der Waals surface area contributed by atoms with Crippen LogP contribution in [-0.4, -0.2) is 38.2 Å². The van der Waals surface area contributed by atoms with Gasteiger partial charge in [-0.25, -0.2) is 9.78 Å². The SMILES string of the molecule is O=C(NCCn1cnc(C(=O)O)c1)c1ccc(CO)cc1. The standard InChI is InChI=1S/C14H15N3O4/c18-8-10-1-3-11(4-2-10)13(19)15-5-6-17-7-12(14(20)21)16-9-17/h1-4,7,9,18H,5-6,8H2,(H,15,19)(H,20,21). The van der Waals surface area contributed by atoms with Crippen LogP contribution in [-0.2, 0) is 13.2 Å². The number of benzene rings is 1. The van der Waals surface area contributed by atoms with Gasteiger partial charge in [-0.05, 0) is 17.7 Å². The molecule has 0 fully saturated rings. The molecule has 1 heterocycles. The summed E-state index contributed by atoms with van der Waals surface area (Å²) in [7, 11) is 0. The fourth-order valence-corrected chi connectivity index (χ4v) is 1.75. The Morgan fingerprint density at radius 2 is 1.95 bits per heavy atom. The Hall–Kier alpha value is -2.67. The Balaban J connectivity index is 1.84. The molecular formula is C14H15N3O4. The highest BCUT2D eigenvalue weighted by Gasteiger charge is 2.07. The highest BCUT2D eigenvalue weighted by atomic mass is 16.4. The van der Waals surface area contributed by atoms with Gasteiger partial charge in [-0.1, -0.05) is 12.1 Å². The van der Waals surface area contributed by atoms with Crippen molar-refractivity contribution in [2.45, 2.75) is 13.2 Å². The number of amides is 1. The van der Waals surface area contributed by atoms with E-state index in [0.717, 1.165) is 5.56 Å². The summed E-state index contributed by atoms with van der Waals surface area (Å²) in [6, 6.07) is 6.65. The summed E-state index contributed by atoms with van der Waals surface area (Å²) in [6.45, 7) is 0.727. The summed E-state index contributed by atoms with van der Waals surface area (Å²) in [5.74, 6) is -1.31. The van der Waals surface area contributed by atoms with Gasteiger partial charge in [0.15, 0.2) is 5.69 Å². The zero-order valence-electron chi connectivity index (χ0n) is 11.2. The third kappa shape index (κ3) is 3.90. The van der Waals surface area contributed by atoms with Crippen molar-refractivity contribution in [1.29, 1.82) is 0 Å². The minimum atomic E-state index is -1.08. The van der Waals surface area contributed by atoms with Gasteiger partial charge >= 0.3 is 5.97 Å². The molecule has 0 aliphatic heterocycles. The molecule has 1 amide bonds. The fourth-order valence-electron chi connectivity index (χ4n) is 1.75. The number of aliphatic hydroxyl groups is 1. The van der Waals surface area contributed by atoms with Crippen LogP contribution in [0.3, 0.4) is 0 Å². The summed E-state index contributed by atoms with van der Waals surface area (Å²) in [4.78, 5) is 26.2. The summed E-state index contributed by atoms with van der Waals surface area (Å²) >= 11 is 0. The number of carbonyl (C=O) groups is 2. The lowest BCUT2D eigenvalue weighted by molar-refractivity contribution is 0.0690. The molecule has 0 atom stereocenters. The predicted molar refractivity (Wildman–Crippen MR) is 73.9 cm³/mol. The van der Waals surface area contributed by atoms with Crippen LogP contribution < -0.4 is 5.32 Å². The number of nitrogens with one attached hydrogen (secondary N) is 1. The predicted octanol–water partition coefficient (Wildman–Crippen LogP) is 0.504. The average molecular weight is 289 g/mol. The van der Waals surface area contributed by atoms with Crippen LogP contribution in [0, 0.1) is 0 Å². The fraction of sp³-hybridized carbons (Fsp3) is 0.214. The van der Waals surface area contributed by atoms with Gasteiger partial charge in [0, 0.05) is 24.8 Å². The molecule has 0 unspecified atom stereocenters. The van der Waals surface area contributed by atoms with Gasteiger partial charge in [0.25, 0.3) is 5.91 Å². The number of imidazole rings is 1. The Morgan fingerprint density at radius 1 is 1.24 bits per heavy atom. The largest absolute Gasteiger partial charge is 0.476 e. The van der Waals surface area contributed by atoms with E-state index in [1.807, 2.05) is 0 Å². The molecule has 0 spiro atoms. The molecule has 110 valence electrons. The molecule has 0 aliphatic carbocycles.